The lowest BCUT2D eigenvalue weighted by molar-refractivity contribution is -0.116. The zero-order valence-corrected chi connectivity index (χ0v) is 12.3. The van der Waals surface area contributed by atoms with Crippen LogP contribution in [0.2, 0.25) is 0 Å². The molecule has 1 fully saturated rings. The van der Waals surface area contributed by atoms with Gasteiger partial charge in [-0.25, -0.2) is 0 Å². The van der Waals surface area contributed by atoms with Crippen LogP contribution in [-0.4, -0.2) is 44.2 Å². The van der Waals surface area contributed by atoms with Gasteiger partial charge < -0.3 is 15.0 Å². The van der Waals surface area contributed by atoms with Crippen LogP contribution in [0.5, 0.6) is 0 Å². The first-order valence-electron chi connectivity index (χ1n) is 7.22. The Morgan fingerprint density at radius 2 is 2.24 bits per heavy atom. The second-order valence-electron chi connectivity index (χ2n) is 5.40. The Balaban J connectivity index is 1.71. The first kappa shape index (κ1) is 15.5. The first-order valence-corrected chi connectivity index (χ1v) is 7.22. The molecule has 1 aliphatic heterocycles. The summed E-state index contributed by atoms with van der Waals surface area (Å²) in [4.78, 5) is 14.2. The molecule has 1 saturated heterocycles. The third kappa shape index (κ3) is 4.85. The molecule has 1 atom stereocenters. The van der Waals surface area contributed by atoms with E-state index < -0.39 is 0 Å². The number of benzene rings is 1. The summed E-state index contributed by atoms with van der Waals surface area (Å²) in [5, 5.41) is 11.6. The second-order valence-corrected chi connectivity index (χ2v) is 5.40. The summed E-state index contributed by atoms with van der Waals surface area (Å²) in [5.74, 6) is 0.603. The number of rotatable bonds is 6. The highest BCUT2D eigenvalue weighted by Crippen LogP contribution is 2.16. The molecule has 21 heavy (non-hydrogen) atoms. The number of hydrogen-bond acceptors (Lipinski definition) is 4. The maximum absolute atomic E-state index is 11.9. The third-order valence-corrected chi connectivity index (χ3v) is 3.73. The van der Waals surface area contributed by atoms with Gasteiger partial charge in [0.15, 0.2) is 0 Å². The lowest BCUT2D eigenvalue weighted by Gasteiger charge is -2.15. The number of ether oxygens (including phenoxy) is 1. The van der Waals surface area contributed by atoms with Crippen molar-refractivity contribution >= 4 is 11.6 Å². The van der Waals surface area contributed by atoms with Gasteiger partial charge in [0.1, 0.15) is 0 Å². The minimum Gasteiger partial charge on any atom is -0.384 e. The van der Waals surface area contributed by atoms with Crippen molar-refractivity contribution in [1.29, 1.82) is 5.26 Å². The smallest absolute Gasteiger partial charge is 0.225 e. The van der Waals surface area contributed by atoms with Crippen LogP contribution in [0.4, 0.5) is 5.69 Å². The van der Waals surface area contributed by atoms with E-state index in [0.29, 0.717) is 17.9 Å². The van der Waals surface area contributed by atoms with E-state index in [1.165, 1.54) is 0 Å². The van der Waals surface area contributed by atoms with Crippen molar-refractivity contribution in [1.82, 2.24) is 4.90 Å². The number of anilines is 1. The van der Waals surface area contributed by atoms with Crippen LogP contribution in [0.1, 0.15) is 18.4 Å². The molecule has 0 bridgehead atoms. The van der Waals surface area contributed by atoms with Gasteiger partial charge in [-0.3, -0.25) is 4.79 Å². The fraction of sp³-hybridized carbons (Fsp3) is 0.500. The minimum absolute atomic E-state index is 0.00917. The molecule has 1 amide bonds. The Labute approximate surface area is 125 Å². The van der Waals surface area contributed by atoms with Gasteiger partial charge in [0.05, 0.1) is 18.2 Å². The van der Waals surface area contributed by atoms with Crippen molar-refractivity contribution in [3.63, 3.8) is 0 Å². The Morgan fingerprint density at radius 3 is 2.90 bits per heavy atom. The Hall–Kier alpha value is -1.90. The number of nitriles is 1. The highest BCUT2D eigenvalue weighted by Gasteiger charge is 2.22. The lowest BCUT2D eigenvalue weighted by Crippen LogP contribution is -2.26. The lowest BCUT2D eigenvalue weighted by atomic mass is 10.1. The molecule has 5 heteroatoms. The van der Waals surface area contributed by atoms with Gasteiger partial charge >= 0.3 is 0 Å². The number of likely N-dealkylation sites (tertiary alicyclic amines) is 1. The molecule has 1 N–H and O–H groups in total. The van der Waals surface area contributed by atoms with E-state index in [2.05, 4.69) is 16.3 Å². The van der Waals surface area contributed by atoms with Crippen molar-refractivity contribution < 1.29 is 9.53 Å². The van der Waals surface area contributed by atoms with Crippen LogP contribution in [0, 0.1) is 17.2 Å². The summed E-state index contributed by atoms with van der Waals surface area (Å²) in [5.41, 5.74) is 1.33. The summed E-state index contributed by atoms with van der Waals surface area (Å²) in [6.45, 7) is 3.63. The average Bonchev–Trinajstić information content (AvgIpc) is 2.94. The standard InChI is InChI=1S/C16H21N3O2/c1-21-12-14-6-8-19(11-14)9-7-16(20)18-15-4-2-13(10-17)3-5-15/h2-5,14H,6-9,11-12H2,1H3,(H,18,20). The van der Waals surface area contributed by atoms with Gasteiger partial charge in [-0.15, -0.1) is 0 Å². The highest BCUT2D eigenvalue weighted by atomic mass is 16.5. The predicted octanol–water partition coefficient (Wildman–Crippen LogP) is 1.86. The molecule has 5 nitrogen and oxygen atoms in total. The normalized spacial score (nSPS) is 18.4. The van der Waals surface area contributed by atoms with Crippen molar-refractivity contribution in [2.75, 3.05) is 38.7 Å². The Morgan fingerprint density at radius 1 is 1.48 bits per heavy atom. The van der Waals surface area contributed by atoms with Crippen LogP contribution in [0.15, 0.2) is 24.3 Å². The second kappa shape index (κ2) is 7.77. The van der Waals surface area contributed by atoms with Crippen molar-refractivity contribution in [3.05, 3.63) is 29.8 Å². The molecule has 1 heterocycles. The molecule has 0 saturated carbocycles. The van der Waals surface area contributed by atoms with Crippen molar-refractivity contribution in [2.24, 2.45) is 5.92 Å². The zero-order valence-electron chi connectivity index (χ0n) is 12.3. The molecule has 112 valence electrons. The molecule has 2 rings (SSSR count). The molecule has 0 radical (unpaired) electrons. The van der Waals surface area contributed by atoms with E-state index in [9.17, 15) is 4.79 Å². The number of nitrogens with zero attached hydrogens (tertiary/aromatic N) is 2. The largest absolute Gasteiger partial charge is 0.384 e. The molecule has 1 unspecified atom stereocenters. The quantitative estimate of drug-likeness (QED) is 0.867. The van der Waals surface area contributed by atoms with Gasteiger partial charge in [0.2, 0.25) is 5.91 Å². The van der Waals surface area contributed by atoms with Gasteiger partial charge in [-0.1, -0.05) is 0 Å². The predicted molar refractivity (Wildman–Crippen MR) is 80.8 cm³/mol. The number of methoxy groups -OCH3 is 1. The number of carbonyl (C=O) groups is 1. The van der Waals surface area contributed by atoms with Crippen LogP contribution in [0.3, 0.4) is 0 Å². The summed E-state index contributed by atoms with van der Waals surface area (Å²) in [6.07, 6.45) is 1.63. The summed E-state index contributed by atoms with van der Waals surface area (Å²) in [7, 11) is 1.73. The van der Waals surface area contributed by atoms with E-state index in [4.69, 9.17) is 10.00 Å². The van der Waals surface area contributed by atoms with Gasteiger partial charge in [0, 0.05) is 32.3 Å². The molecule has 0 spiro atoms. The number of carbonyl (C=O) groups excluding carboxylic acids is 1. The van der Waals surface area contributed by atoms with E-state index in [-0.39, 0.29) is 5.91 Å². The van der Waals surface area contributed by atoms with E-state index in [1.807, 2.05) is 0 Å². The molecular formula is C16H21N3O2. The highest BCUT2D eigenvalue weighted by molar-refractivity contribution is 5.90. The third-order valence-electron chi connectivity index (χ3n) is 3.73. The minimum atomic E-state index is 0.00917. The van der Waals surface area contributed by atoms with Crippen LogP contribution < -0.4 is 5.32 Å². The fourth-order valence-electron chi connectivity index (χ4n) is 2.60. The molecule has 1 aliphatic rings. The molecule has 1 aromatic rings. The van der Waals surface area contributed by atoms with Gasteiger partial charge in [0.25, 0.3) is 0 Å². The van der Waals surface area contributed by atoms with Gasteiger partial charge in [-0.05, 0) is 43.1 Å². The Bertz CT molecular complexity index is 507. The maximum atomic E-state index is 11.9. The molecule has 0 aromatic heterocycles. The molecule has 0 aliphatic carbocycles. The van der Waals surface area contributed by atoms with Gasteiger partial charge in [-0.2, -0.15) is 5.26 Å². The summed E-state index contributed by atoms with van der Waals surface area (Å²) in [6, 6.07) is 8.96. The van der Waals surface area contributed by atoms with Crippen LogP contribution in [-0.2, 0) is 9.53 Å². The first-order chi connectivity index (χ1) is 10.2. The van der Waals surface area contributed by atoms with Crippen molar-refractivity contribution in [2.45, 2.75) is 12.8 Å². The van der Waals surface area contributed by atoms with Crippen LogP contribution >= 0.6 is 0 Å². The topological polar surface area (TPSA) is 65.4 Å². The molecule has 1 aromatic carbocycles. The number of nitrogens with one attached hydrogen (secondary N) is 1. The monoisotopic (exact) mass is 287 g/mol. The Kier molecular flexibility index (Phi) is 5.73. The van der Waals surface area contributed by atoms with E-state index in [0.717, 1.165) is 38.3 Å². The number of hydrogen-bond donors (Lipinski definition) is 1. The van der Waals surface area contributed by atoms with E-state index in [1.54, 1.807) is 31.4 Å². The SMILES string of the molecule is COCC1CCN(CCC(=O)Nc2ccc(C#N)cc2)C1. The summed E-state index contributed by atoms with van der Waals surface area (Å²) < 4.78 is 5.17. The maximum Gasteiger partial charge on any atom is 0.225 e. The zero-order chi connectivity index (χ0) is 15.1. The van der Waals surface area contributed by atoms with Crippen LogP contribution in [0.25, 0.3) is 0 Å². The fourth-order valence-corrected chi connectivity index (χ4v) is 2.60. The van der Waals surface area contributed by atoms with Crippen molar-refractivity contribution in [3.8, 4) is 6.07 Å². The van der Waals surface area contributed by atoms with E-state index >= 15 is 0 Å². The molecular weight excluding hydrogens is 266 g/mol. The summed E-state index contributed by atoms with van der Waals surface area (Å²) >= 11 is 0. The number of amides is 1. The average molecular weight is 287 g/mol.